The summed E-state index contributed by atoms with van der Waals surface area (Å²) in [5, 5.41) is 7.37. The minimum absolute atomic E-state index is 0.547. The molecule has 28 heavy (non-hydrogen) atoms. The second-order valence-electron chi connectivity index (χ2n) is 5.90. The third-order valence-electron chi connectivity index (χ3n) is 4.19. The van der Waals surface area contributed by atoms with Gasteiger partial charge in [-0.15, -0.1) is 11.3 Å². The van der Waals surface area contributed by atoms with E-state index in [1.807, 2.05) is 18.2 Å². The standard InChI is InChI=1S/C20H15Cl2N3O2S/c1-26-16-4-3-11(5-17(16)27-2)15-9-28-20-18(15)19(23-10-24-20)25-14-7-12(21)6-13(22)8-14/h3-10H,1-2H3,(H,23,24,25). The van der Waals surface area contributed by atoms with Gasteiger partial charge in [0.1, 0.15) is 17.0 Å². The van der Waals surface area contributed by atoms with E-state index in [4.69, 9.17) is 32.7 Å². The van der Waals surface area contributed by atoms with Crippen molar-refractivity contribution in [3.05, 3.63) is 58.2 Å². The van der Waals surface area contributed by atoms with Crippen LogP contribution in [0.2, 0.25) is 10.0 Å². The van der Waals surface area contributed by atoms with Crippen molar-refractivity contribution in [3.8, 4) is 22.6 Å². The Hall–Kier alpha value is -2.54. The average Bonchev–Trinajstić information content (AvgIpc) is 3.12. The summed E-state index contributed by atoms with van der Waals surface area (Å²) in [6.45, 7) is 0. The van der Waals surface area contributed by atoms with Crippen molar-refractivity contribution in [1.82, 2.24) is 9.97 Å². The zero-order valence-corrected chi connectivity index (χ0v) is 17.3. The van der Waals surface area contributed by atoms with Crippen molar-refractivity contribution in [2.45, 2.75) is 0 Å². The minimum Gasteiger partial charge on any atom is -0.493 e. The number of anilines is 2. The van der Waals surface area contributed by atoms with E-state index in [0.717, 1.165) is 27.0 Å². The van der Waals surface area contributed by atoms with Crippen LogP contribution in [0.4, 0.5) is 11.5 Å². The maximum atomic E-state index is 6.12. The molecular formula is C20H15Cl2N3O2S. The van der Waals surface area contributed by atoms with Crippen molar-refractivity contribution >= 4 is 56.3 Å². The van der Waals surface area contributed by atoms with Crippen LogP contribution < -0.4 is 14.8 Å². The summed E-state index contributed by atoms with van der Waals surface area (Å²) in [4.78, 5) is 9.71. The van der Waals surface area contributed by atoms with Crippen molar-refractivity contribution < 1.29 is 9.47 Å². The molecule has 5 nitrogen and oxygen atoms in total. The fraction of sp³-hybridized carbons (Fsp3) is 0.100. The van der Waals surface area contributed by atoms with Crippen LogP contribution in [0, 0.1) is 0 Å². The molecular weight excluding hydrogens is 417 g/mol. The molecule has 1 N–H and O–H groups in total. The molecule has 0 amide bonds. The van der Waals surface area contributed by atoms with Gasteiger partial charge in [-0.2, -0.15) is 0 Å². The van der Waals surface area contributed by atoms with Crippen molar-refractivity contribution in [2.24, 2.45) is 0 Å². The number of halogens is 2. The maximum Gasteiger partial charge on any atom is 0.161 e. The lowest BCUT2D eigenvalue weighted by molar-refractivity contribution is 0.355. The van der Waals surface area contributed by atoms with Gasteiger partial charge in [0, 0.05) is 26.7 Å². The Morgan fingerprint density at radius 3 is 2.39 bits per heavy atom. The van der Waals surface area contributed by atoms with Crippen LogP contribution in [-0.4, -0.2) is 24.2 Å². The van der Waals surface area contributed by atoms with Gasteiger partial charge >= 0.3 is 0 Å². The quantitative estimate of drug-likeness (QED) is 0.394. The molecule has 0 aliphatic carbocycles. The van der Waals surface area contributed by atoms with Crippen molar-refractivity contribution in [2.75, 3.05) is 19.5 Å². The summed E-state index contributed by atoms with van der Waals surface area (Å²) in [5.74, 6) is 2.01. The molecule has 4 rings (SSSR count). The molecule has 0 bridgehead atoms. The minimum atomic E-state index is 0.547. The van der Waals surface area contributed by atoms with E-state index in [1.54, 1.807) is 43.8 Å². The number of hydrogen-bond donors (Lipinski definition) is 1. The second kappa shape index (κ2) is 7.83. The van der Waals surface area contributed by atoms with Crippen LogP contribution in [0.1, 0.15) is 0 Å². The number of aromatic nitrogens is 2. The first-order chi connectivity index (χ1) is 13.6. The zero-order valence-electron chi connectivity index (χ0n) is 15.0. The molecule has 0 aliphatic rings. The number of hydrogen-bond acceptors (Lipinski definition) is 6. The Morgan fingerprint density at radius 1 is 0.929 bits per heavy atom. The highest BCUT2D eigenvalue weighted by atomic mass is 35.5. The number of nitrogens with one attached hydrogen (secondary N) is 1. The molecule has 0 fully saturated rings. The molecule has 0 aliphatic heterocycles. The van der Waals surface area contributed by atoms with E-state index in [0.29, 0.717) is 27.4 Å². The molecule has 0 radical (unpaired) electrons. The third kappa shape index (κ3) is 3.58. The lowest BCUT2D eigenvalue weighted by Crippen LogP contribution is -1.96. The van der Waals surface area contributed by atoms with Gasteiger partial charge in [-0.1, -0.05) is 29.3 Å². The van der Waals surface area contributed by atoms with E-state index >= 15 is 0 Å². The van der Waals surface area contributed by atoms with E-state index in [1.165, 1.54) is 6.33 Å². The summed E-state index contributed by atoms with van der Waals surface area (Å²) >= 11 is 13.8. The molecule has 0 atom stereocenters. The van der Waals surface area contributed by atoms with Gasteiger partial charge in [0.25, 0.3) is 0 Å². The summed E-state index contributed by atoms with van der Waals surface area (Å²) in [7, 11) is 3.23. The Kier molecular flexibility index (Phi) is 5.26. The summed E-state index contributed by atoms with van der Waals surface area (Å²) in [6.07, 6.45) is 1.53. The molecule has 2 aromatic carbocycles. The number of nitrogens with zero attached hydrogens (tertiary/aromatic N) is 2. The predicted octanol–water partition coefficient (Wildman–Crippen LogP) is 6.43. The van der Waals surface area contributed by atoms with Crippen LogP contribution in [0.3, 0.4) is 0 Å². The van der Waals surface area contributed by atoms with Gasteiger partial charge in [0.05, 0.1) is 19.6 Å². The van der Waals surface area contributed by atoms with Crippen LogP contribution in [0.15, 0.2) is 48.1 Å². The molecule has 142 valence electrons. The molecule has 0 unspecified atom stereocenters. The highest BCUT2D eigenvalue weighted by Gasteiger charge is 2.15. The van der Waals surface area contributed by atoms with E-state index in [9.17, 15) is 0 Å². The summed E-state index contributed by atoms with van der Waals surface area (Å²) < 4.78 is 10.8. The smallest absolute Gasteiger partial charge is 0.161 e. The number of ether oxygens (including phenoxy) is 2. The largest absolute Gasteiger partial charge is 0.493 e. The average molecular weight is 432 g/mol. The number of benzene rings is 2. The highest BCUT2D eigenvalue weighted by molar-refractivity contribution is 7.17. The molecule has 4 aromatic rings. The molecule has 2 heterocycles. The Bertz CT molecular complexity index is 1140. The van der Waals surface area contributed by atoms with Crippen LogP contribution in [-0.2, 0) is 0 Å². The lowest BCUT2D eigenvalue weighted by atomic mass is 10.1. The Labute approximate surface area is 175 Å². The second-order valence-corrected chi connectivity index (χ2v) is 7.64. The van der Waals surface area contributed by atoms with Gasteiger partial charge < -0.3 is 14.8 Å². The van der Waals surface area contributed by atoms with Gasteiger partial charge in [-0.3, -0.25) is 0 Å². The Balaban J connectivity index is 1.83. The number of rotatable bonds is 5. The first kappa shape index (κ1) is 18.8. The fourth-order valence-electron chi connectivity index (χ4n) is 2.95. The van der Waals surface area contributed by atoms with Gasteiger partial charge in [0.2, 0.25) is 0 Å². The SMILES string of the molecule is COc1ccc(-c2csc3ncnc(Nc4cc(Cl)cc(Cl)c4)c23)cc1OC. The normalized spacial score (nSPS) is 10.9. The fourth-order valence-corrected chi connectivity index (χ4v) is 4.39. The van der Waals surface area contributed by atoms with Gasteiger partial charge in [-0.05, 0) is 35.9 Å². The number of fused-ring (bicyclic) bond motifs is 1. The van der Waals surface area contributed by atoms with Crippen LogP contribution >= 0.6 is 34.5 Å². The zero-order chi connectivity index (χ0) is 19.7. The van der Waals surface area contributed by atoms with Gasteiger partial charge in [-0.25, -0.2) is 9.97 Å². The first-order valence-electron chi connectivity index (χ1n) is 8.26. The van der Waals surface area contributed by atoms with E-state index < -0.39 is 0 Å². The molecule has 2 aromatic heterocycles. The van der Waals surface area contributed by atoms with Gasteiger partial charge in [0.15, 0.2) is 11.5 Å². The topological polar surface area (TPSA) is 56.3 Å². The van der Waals surface area contributed by atoms with Crippen LogP contribution in [0.25, 0.3) is 21.3 Å². The van der Waals surface area contributed by atoms with Crippen molar-refractivity contribution in [3.63, 3.8) is 0 Å². The summed E-state index contributed by atoms with van der Waals surface area (Å²) in [6, 6.07) is 11.1. The predicted molar refractivity (Wildman–Crippen MR) is 116 cm³/mol. The maximum absolute atomic E-state index is 6.12. The lowest BCUT2D eigenvalue weighted by Gasteiger charge is -2.11. The number of methoxy groups -OCH3 is 2. The highest BCUT2D eigenvalue weighted by Crippen LogP contribution is 2.40. The van der Waals surface area contributed by atoms with Crippen LogP contribution in [0.5, 0.6) is 11.5 Å². The third-order valence-corrected chi connectivity index (χ3v) is 5.51. The van der Waals surface area contributed by atoms with E-state index in [-0.39, 0.29) is 0 Å². The molecule has 0 saturated heterocycles. The Morgan fingerprint density at radius 2 is 1.68 bits per heavy atom. The summed E-state index contributed by atoms with van der Waals surface area (Å²) in [5.41, 5.74) is 2.73. The molecule has 8 heteroatoms. The molecule has 0 spiro atoms. The first-order valence-corrected chi connectivity index (χ1v) is 9.90. The monoisotopic (exact) mass is 431 g/mol. The number of thiophene rings is 1. The van der Waals surface area contributed by atoms with Crippen molar-refractivity contribution in [1.29, 1.82) is 0 Å². The van der Waals surface area contributed by atoms with E-state index in [2.05, 4.69) is 20.7 Å². The molecule has 0 saturated carbocycles.